The molecular weight excluding hydrogens is 300 g/mol. The van der Waals surface area contributed by atoms with E-state index < -0.39 is 0 Å². The first-order valence-electron chi connectivity index (χ1n) is 8.58. The highest BCUT2D eigenvalue weighted by Gasteiger charge is 2.58. The van der Waals surface area contributed by atoms with Gasteiger partial charge in [-0.25, -0.2) is 4.68 Å². The van der Waals surface area contributed by atoms with Gasteiger partial charge in [0.15, 0.2) is 0 Å². The van der Waals surface area contributed by atoms with E-state index in [1.165, 1.54) is 19.3 Å². The minimum absolute atomic E-state index is 0.0408. The number of rotatable bonds is 3. The Morgan fingerprint density at radius 2 is 2.00 bits per heavy atom. The Morgan fingerprint density at radius 3 is 2.71 bits per heavy atom. The summed E-state index contributed by atoms with van der Waals surface area (Å²) in [5.41, 5.74) is 2.42. The monoisotopic (exact) mass is 320 g/mol. The van der Waals surface area contributed by atoms with Crippen LogP contribution in [0.3, 0.4) is 0 Å². The van der Waals surface area contributed by atoms with Gasteiger partial charge in [0.05, 0.1) is 11.2 Å². The van der Waals surface area contributed by atoms with E-state index in [4.69, 9.17) is 0 Å². The smallest absolute Gasteiger partial charge is 0.258 e. The standard InChI is InChI=1S/C19H20N4O/c1-12(17-11-23(21-20-17)19-8-13(9-19)10-19)14-4-3-5-16-15(14)6-7-22(2)18(16)24/h3-7,11-13H,8-10H2,1-2H3/t12-,13?,19?/m0/s1. The van der Waals surface area contributed by atoms with E-state index in [1.54, 1.807) is 11.6 Å². The molecule has 2 aromatic heterocycles. The van der Waals surface area contributed by atoms with Gasteiger partial charge in [0.2, 0.25) is 0 Å². The molecule has 0 N–H and O–H groups in total. The van der Waals surface area contributed by atoms with Crippen LogP contribution in [0.15, 0.2) is 41.5 Å². The molecule has 3 aliphatic rings. The predicted octanol–water partition coefficient (Wildman–Crippen LogP) is 2.79. The van der Waals surface area contributed by atoms with E-state index in [9.17, 15) is 4.79 Å². The summed E-state index contributed by atoms with van der Waals surface area (Å²) >= 11 is 0. The molecule has 2 bridgehead atoms. The Hall–Kier alpha value is -2.43. The Bertz CT molecular complexity index is 999. The Kier molecular flexibility index (Phi) is 2.65. The summed E-state index contributed by atoms with van der Waals surface area (Å²) in [6.07, 6.45) is 7.72. The first kappa shape index (κ1) is 14.0. The summed E-state index contributed by atoms with van der Waals surface area (Å²) in [7, 11) is 1.78. The molecule has 2 heterocycles. The molecule has 24 heavy (non-hydrogen) atoms. The van der Waals surface area contributed by atoms with Gasteiger partial charge in [-0.3, -0.25) is 4.79 Å². The topological polar surface area (TPSA) is 52.7 Å². The highest BCUT2D eigenvalue weighted by atomic mass is 16.1. The third kappa shape index (κ3) is 1.72. The van der Waals surface area contributed by atoms with Crippen LogP contribution in [0.5, 0.6) is 0 Å². The molecule has 0 amide bonds. The molecule has 122 valence electrons. The van der Waals surface area contributed by atoms with Crippen molar-refractivity contribution in [2.24, 2.45) is 13.0 Å². The van der Waals surface area contributed by atoms with Gasteiger partial charge in [0, 0.05) is 30.7 Å². The number of nitrogens with zero attached hydrogens (tertiary/aromatic N) is 4. The predicted molar refractivity (Wildman–Crippen MR) is 92.0 cm³/mol. The lowest BCUT2D eigenvalue weighted by Gasteiger charge is -2.61. The molecular formula is C19H20N4O. The van der Waals surface area contributed by atoms with E-state index in [0.29, 0.717) is 0 Å². The van der Waals surface area contributed by atoms with Gasteiger partial charge >= 0.3 is 0 Å². The van der Waals surface area contributed by atoms with Crippen molar-refractivity contribution < 1.29 is 0 Å². The molecule has 3 fully saturated rings. The highest BCUT2D eigenvalue weighted by molar-refractivity contribution is 5.85. The summed E-state index contributed by atoms with van der Waals surface area (Å²) < 4.78 is 3.71. The van der Waals surface area contributed by atoms with Crippen LogP contribution in [0, 0.1) is 5.92 Å². The van der Waals surface area contributed by atoms with Crippen LogP contribution in [0.2, 0.25) is 0 Å². The summed E-state index contributed by atoms with van der Waals surface area (Å²) in [6, 6.07) is 7.97. The van der Waals surface area contributed by atoms with Gasteiger partial charge in [0.1, 0.15) is 0 Å². The first-order chi connectivity index (χ1) is 11.6. The molecule has 1 atom stereocenters. The molecule has 0 saturated heterocycles. The third-order valence-corrected chi connectivity index (χ3v) is 6.07. The minimum Gasteiger partial charge on any atom is -0.318 e. The number of hydrogen-bond acceptors (Lipinski definition) is 3. The highest BCUT2D eigenvalue weighted by Crippen LogP contribution is 2.61. The summed E-state index contributed by atoms with van der Waals surface area (Å²) in [5.74, 6) is 1.03. The molecule has 3 saturated carbocycles. The van der Waals surface area contributed by atoms with E-state index >= 15 is 0 Å². The number of pyridine rings is 1. The second-order valence-electron chi connectivity index (χ2n) is 7.55. The zero-order valence-corrected chi connectivity index (χ0v) is 13.9. The molecule has 0 spiro atoms. The molecule has 5 heteroatoms. The Balaban J connectivity index is 1.57. The zero-order valence-electron chi connectivity index (χ0n) is 13.9. The summed E-state index contributed by atoms with van der Waals surface area (Å²) in [4.78, 5) is 12.4. The fourth-order valence-corrected chi connectivity index (χ4v) is 4.36. The molecule has 3 aliphatic carbocycles. The number of benzene rings is 1. The molecule has 0 unspecified atom stereocenters. The fourth-order valence-electron chi connectivity index (χ4n) is 4.36. The maximum atomic E-state index is 12.4. The van der Waals surface area contributed by atoms with Crippen molar-refractivity contribution in [2.75, 3.05) is 0 Å². The molecule has 3 aromatic rings. The van der Waals surface area contributed by atoms with Crippen molar-refractivity contribution >= 4 is 10.8 Å². The average molecular weight is 320 g/mol. The lowest BCUT2D eigenvalue weighted by Crippen LogP contribution is -2.59. The van der Waals surface area contributed by atoms with Gasteiger partial charge in [-0.1, -0.05) is 24.3 Å². The normalized spacial score (nSPS) is 26.0. The average Bonchev–Trinajstić information content (AvgIpc) is 2.96. The number of aromatic nitrogens is 4. The van der Waals surface area contributed by atoms with Crippen molar-refractivity contribution in [3.8, 4) is 0 Å². The van der Waals surface area contributed by atoms with E-state index in [0.717, 1.165) is 27.9 Å². The molecule has 0 radical (unpaired) electrons. The second kappa shape index (κ2) is 4.56. The van der Waals surface area contributed by atoms with Gasteiger partial charge in [-0.15, -0.1) is 5.10 Å². The van der Waals surface area contributed by atoms with E-state index in [1.807, 2.05) is 24.4 Å². The van der Waals surface area contributed by atoms with Crippen LogP contribution in [-0.2, 0) is 12.6 Å². The maximum absolute atomic E-state index is 12.4. The Morgan fingerprint density at radius 1 is 1.21 bits per heavy atom. The van der Waals surface area contributed by atoms with Crippen molar-refractivity contribution in [2.45, 2.75) is 37.6 Å². The van der Waals surface area contributed by atoms with Crippen LogP contribution in [0.25, 0.3) is 10.8 Å². The van der Waals surface area contributed by atoms with Gasteiger partial charge in [-0.2, -0.15) is 0 Å². The van der Waals surface area contributed by atoms with Gasteiger partial charge in [0.25, 0.3) is 5.56 Å². The second-order valence-corrected chi connectivity index (χ2v) is 7.55. The lowest BCUT2D eigenvalue weighted by molar-refractivity contribution is -0.0989. The number of aryl methyl sites for hydroxylation is 1. The minimum atomic E-state index is 0.0408. The Labute approximate surface area is 139 Å². The lowest BCUT2D eigenvalue weighted by atomic mass is 9.50. The third-order valence-electron chi connectivity index (χ3n) is 6.07. The quantitative estimate of drug-likeness (QED) is 0.745. The molecule has 1 aromatic carbocycles. The SMILES string of the molecule is C[C@H](c1cn(C23CC(C2)C3)nn1)c1cccc2c(=O)n(C)ccc12. The molecule has 0 aliphatic heterocycles. The van der Waals surface area contributed by atoms with Crippen molar-refractivity contribution in [1.82, 2.24) is 19.6 Å². The maximum Gasteiger partial charge on any atom is 0.258 e. The molecule has 5 nitrogen and oxygen atoms in total. The largest absolute Gasteiger partial charge is 0.318 e. The van der Waals surface area contributed by atoms with Gasteiger partial charge in [-0.05, 0) is 48.3 Å². The molecule has 6 rings (SSSR count). The van der Waals surface area contributed by atoms with Crippen molar-refractivity contribution in [3.05, 3.63) is 58.3 Å². The van der Waals surface area contributed by atoms with E-state index in [2.05, 4.69) is 34.2 Å². The number of hydrogen-bond donors (Lipinski definition) is 0. The fraction of sp³-hybridized carbons (Fsp3) is 0.421. The summed E-state index contributed by atoms with van der Waals surface area (Å²) in [6.45, 7) is 2.14. The van der Waals surface area contributed by atoms with Crippen LogP contribution in [-0.4, -0.2) is 19.6 Å². The van der Waals surface area contributed by atoms with Gasteiger partial charge < -0.3 is 4.57 Å². The van der Waals surface area contributed by atoms with Crippen molar-refractivity contribution in [3.63, 3.8) is 0 Å². The van der Waals surface area contributed by atoms with Crippen LogP contribution < -0.4 is 5.56 Å². The van der Waals surface area contributed by atoms with Crippen LogP contribution >= 0.6 is 0 Å². The van der Waals surface area contributed by atoms with Crippen LogP contribution in [0.4, 0.5) is 0 Å². The first-order valence-corrected chi connectivity index (χ1v) is 8.58. The van der Waals surface area contributed by atoms with E-state index in [-0.39, 0.29) is 17.0 Å². The van der Waals surface area contributed by atoms with Crippen LogP contribution in [0.1, 0.15) is 43.4 Å². The number of fused-ring (bicyclic) bond motifs is 1. The zero-order chi connectivity index (χ0) is 16.5. The summed E-state index contributed by atoms with van der Waals surface area (Å²) in [5, 5.41) is 10.6. The van der Waals surface area contributed by atoms with Crippen molar-refractivity contribution in [1.29, 1.82) is 0 Å².